The Labute approximate surface area is 157 Å². The van der Waals surface area contributed by atoms with Gasteiger partial charge in [0.1, 0.15) is 0 Å². The number of hydrogen-bond acceptors (Lipinski definition) is 3. The molecule has 0 saturated carbocycles. The van der Waals surface area contributed by atoms with Crippen LogP contribution in [0.5, 0.6) is 0 Å². The molecular formula is C22H27NO2. The average Bonchev–Trinajstić information content (AvgIpc) is 2.74. The monoisotopic (exact) mass is 342 g/mol. The fourth-order valence-electron chi connectivity index (χ4n) is 3.14. The predicted octanol–water partition coefficient (Wildman–Crippen LogP) is 4.24. The van der Waals surface area contributed by atoms with Gasteiger partial charge in [0, 0.05) is 29.5 Å². The van der Waals surface area contributed by atoms with Gasteiger partial charge in [-0.2, -0.15) is 0 Å². The number of ketones is 1. The third-order valence-corrected chi connectivity index (χ3v) is 4.62. The SMILES string of the molecule is [2H]C([2H])(C(=O)c1ccccc1)[C@H]1CCC[C@@H](C([2H])([2H])[C@@]([2H])(O)c2ccccc2)N1C. The summed E-state index contributed by atoms with van der Waals surface area (Å²) in [6, 6.07) is 14.4. The van der Waals surface area contributed by atoms with E-state index in [2.05, 4.69) is 0 Å². The van der Waals surface area contributed by atoms with E-state index < -0.39 is 36.7 Å². The van der Waals surface area contributed by atoms with Gasteiger partial charge < -0.3 is 5.11 Å². The topological polar surface area (TPSA) is 40.5 Å². The van der Waals surface area contributed by atoms with Crippen LogP contribution in [-0.2, 0) is 0 Å². The normalized spacial score (nSPS) is 27.8. The van der Waals surface area contributed by atoms with Gasteiger partial charge in [-0.1, -0.05) is 67.1 Å². The highest BCUT2D eigenvalue weighted by molar-refractivity contribution is 5.96. The van der Waals surface area contributed by atoms with Crippen molar-refractivity contribution in [1.82, 2.24) is 4.90 Å². The number of nitrogens with zero attached hydrogens (tertiary/aromatic N) is 1. The minimum Gasteiger partial charge on any atom is -0.388 e. The molecule has 2 aromatic carbocycles. The second kappa shape index (κ2) is 8.41. The summed E-state index contributed by atoms with van der Waals surface area (Å²) in [6.45, 7) is 0. The zero-order valence-corrected chi connectivity index (χ0v) is 14.4. The molecule has 1 aliphatic rings. The fourth-order valence-corrected chi connectivity index (χ4v) is 3.14. The molecule has 0 amide bonds. The third-order valence-electron chi connectivity index (χ3n) is 4.62. The minimum absolute atomic E-state index is 0.133. The number of rotatable bonds is 6. The molecule has 0 spiro atoms. The van der Waals surface area contributed by atoms with Crippen molar-refractivity contribution in [2.75, 3.05) is 7.05 Å². The lowest BCUT2D eigenvalue weighted by atomic mass is 9.88. The van der Waals surface area contributed by atoms with Gasteiger partial charge >= 0.3 is 0 Å². The molecule has 0 aromatic heterocycles. The van der Waals surface area contributed by atoms with E-state index in [1.54, 1.807) is 55.6 Å². The Bertz CT molecular complexity index is 874. The van der Waals surface area contributed by atoms with E-state index in [9.17, 15) is 9.90 Å². The fraction of sp³-hybridized carbons (Fsp3) is 0.409. The quantitative estimate of drug-likeness (QED) is 0.799. The van der Waals surface area contributed by atoms with Crippen LogP contribution in [0.3, 0.4) is 0 Å². The van der Waals surface area contributed by atoms with Crippen molar-refractivity contribution in [3.8, 4) is 0 Å². The van der Waals surface area contributed by atoms with Crippen LogP contribution in [0.15, 0.2) is 60.7 Å². The molecule has 25 heavy (non-hydrogen) atoms. The number of carbonyl (C=O) groups is 1. The first-order chi connectivity index (χ1) is 14.0. The summed E-state index contributed by atoms with van der Waals surface area (Å²) in [5, 5.41) is 10.9. The molecule has 0 unspecified atom stereocenters. The van der Waals surface area contributed by atoms with Gasteiger partial charge in [-0.05, 0) is 31.8 Å². The molecule has 1 aliphatic heterocycles. The molecule has 3 rings (SSSR count). The molecule has 0 radical (unpaired) electrons. The van der Waals surface area contributed by atoms with Gasteiger partial charge in [0.25, 0.3) is 0 Å². The van der Waals surface area contributed by atoms with Gasteiger partial charge in [-0.3, -0.25) is 9.69 Å². The lowest BCUT2D eigenvalue weighted by Crippen LogP contribution is -2.45. The Morgan fingerprint density at radius 2 is 1.76 bits per heavy atom. The van der Waals surface area contributed by atoms with E-state index in [-0.39, 0.29) is 11.1 Å². The van der Waals surface area contributed by atoms with Gasteiger partial charge in [0.05, 0.1) is 7.45 Å². The average molecular weight is 342 g/mol. The molecule has 132 valence electrons. The molecule has 0 aliphatic carbocycles. The largest absolute Gasteiger partial charge is 0.388 e. The van der Waals surface area contributed by atoms with E-state index in [0.29, 0.717) is 19.3 Å². The highest BCUT2D eigenvalue weighted by Crippen LogP contribution is 2.30. The van der Waals surface area contributed by atoms with Crippen molar-refractivity contribution in [2.45, 2.75) is 50.2 Å². The Morgan fingerprint density at radius 1 is 1.16 bits per heavy atom. The Kier molecular flexibility index (Phi) is 4.17. The molecule has 1 heterocycles. The summed E-state index contributed by atoms with van der Waals surface area (Å²) in [5.41, 5.74) is 0.399. The van der Waals surface area contributed by atoms with Gasteiger partial charge in [0.2, 0.25) is 0 Å². The van der Waals surface area contributed by atoms with Crippen LogP contribution in [0, 0.1) is 0 Å². The second-order valence-electron chi connectivity index (χ2n) is 6.33. The van der Waals surface area contributed by atoms with Crippen LogP contribution < -0.4 is 0 Å². The standard InChI is InChI=1S/C22H27NO2/c1-23-19(15-21(24)17-9-4-2-5-10-17)13-8-14-20(23)16-22(25)18-11-6-3-7-12-18/h2-7,9-12,19-21,24H,8,13-16H2,1H3/t19-,20+,21+/m0/s1/i15D2,16D2,21D. The van der Waals surface area contributed by atoms with Crippen LogP contribution in [0.1, 0.15) is 60.9 Å². The maximum Gasteiger partial charge on any atom is 0.164 e. The molecule has 0 bridgehead atoms. The number of aliphatic hydroxyl groups is 1. The number of hydrogen-bond donors (Lipinski definition) is 1. The Morgan fingerprint density at radius 3 is 2.44 bits per heavy atom. The van der Waals surface area contributed by atoms with Crippen LogP contribution in [0.4, 0.5) is 0 Å². The van der Waals surface area contributed by atoms with Crippen molar-refractivity contribution in [3.63, 3.8) is 0 Å². The minimum atomic E-state index is -2.52. The Balaban J connectivity index is 1.90. The molecule has 1 N–H and O–H groups in total. The maximum absolute atomic E-state index is 12.9. The summed E-state index contributed by atoms with van der Waals surface area (Å²) in [5.74, 6) is -0.648. The number of likely N-dealkylation sites (tertiary alicyclic amines) is 1. The van der Waals surface area contributed by atoms with Crippen molar-refractivity contribution >= 4 is 5.78 Å². The third kappa shape index (κ3) is 4.56. The first-order valence-electron chi connectivity index (χ1n) is 11.1. The summed E-state index contributed by atoms with van der Waals surface area (Å²) < 4.78 is 42.8. The van der Waals surface area contributed by atoms with Crippen LogP contribution in [0.25, 0.3) is 0 Å². The van der Waals surface area contributed by atoms with E-state index in [0.717, 1.165) is 0 Å². The molecule has 3 nitrogen and oxygen atoms in total. The van der Waals surface area contributed by atoms with Gasteiger partial charge in [0.15, 0.2) is 5.78 Å². The highest BCUT2D eigenvalue weighted by atomic mass is 16.3. The van der Waals surface area contributed by atoms with Crippen LogP contribution in [-0.4, -0.2) is 34.9 Å². The zero-order chi connectivity index (χ0) is 22.2. The molecule has 2 aromatic rings. The summed E-state index contributed by atoms with van der Waals surface area (Å²) >= 11 is 0. The first-order valence-corrected chi connectivity index (χ1v) is 8.61. The van der Waals surface area contributed by atoms with Crippen LogP contribution >= 0.6 is 0 Å². The highest BCUT2D eigenvalue weighted by Gasteiger charge is 2.30. The van der Waals surface area contributed by atoms with E-state index in [1.165, 1.54) is 17.0 Å². The summed E-state index contributed by atoms with van der Waals surface area (Å²) in [6.07, 6.45) is -5.93. The van der Waals surface area contributed by atoms with Crippen LogP contribution in [0.2, 0.25) is 0 Å². The lowest BCUT2D eigenvalue weighted by molar-refractivity contribution is 0.0549. The molecule has 3 atom stereocenters. The van der Waals surface area contributed by atoms with Gasteiger partial charge in [-0.15, -0.1) is 0 Å². The Hall–Kier alpha value is -1.97. The number of carbonyl (C=O) groups excluding carboxylic acids is 1. The summed E-state index contributed by atoms with van der Waals surface area (Å²) in [4.78, 5) is 14.4. The zero-order valence-electron chi connectivity index (χ0n) is 19.4. The van der Waals surface area contributed by atoms with Crippen molar-refractivity contribution in [1.29, 1.82) is 0 Å². The predicted molar refractivity (Wildman–Crippen MR) is 101 cm³/mol. The molecular weight excluding hydrogens is 310 g/mol. The number of benzene rings is 2. The van der Waals surface area contributed by atoms with E-state index in [4.69, 9.17) is 6.85 Å². The lowest BCUT2D eigenvalue weighted by Gasteiger charge is -2.40. The van der Waals surface area contributed by atoms with Gasteiger partial charge in [-0.25, -0.2) is 0 Å². The van der Waals surface area contributed by atoms with Crippen molar-refractivity contribution in [2.24, 2.45) is 0 Å². The first kappa shape index (κ1) is 12.4. The maximum atomic E-state index is 12.9. The number of piperidine rings is 1. The molecule has 3 heteroatoms. The summed E-state index contributed by atoms with van der Waals surface area (Å²) in [7, 11) is 1.57. The van der Waals surface area contributed by atoms with Crippen molar-refractivity contribution < 1.29 is 16.8 Å². The van der Waals surface area contributed by atoms with E-state index >= 15 is 0 Å². The number of Topliss-reactive ketones (excluding diaryl/α,β-unsaturated/α-hetero) is 1. The molecule has 1 saturated heterocycles. The van der Waals surface area contributed by atoms with E-state index in [1.807, 2.05) is 0 Å². The smallest absolute Gasteiger partial charge is 0.164 e. The van der Waals surface area contributed by atoms with Crippen molar-refractivity contribution in [3.05, 3.63) is 71.8 Å². The second-order valence-corrected chi connectivity index (χ2v) is 6.33. The molecule has 1 fully saturated rings.